The van der Waals surface area contributed by atoms with Crippen molar-refractivity contribution >= 4 is 6.09 Å². The number of amides is 1. The van der Waals surface area contributed by atoms with Gasteiger partial charge >= 0.3 is 6.09 Å². The number of nitrogens with zero attached hydrogens (tertiary/aromatic N) is 3. The van der Waals surface area contributed by atoms with Crippen LogP contribution < -0.4 is 5.32 Å². The van der Waals surface area contributed by atoms with Crippen LogP contribution >= 0.6 is 0 Å². The molecule has 1 aromatic rings. The summed E-state index contributed by atoms with van der Waals surface area (Å²) in [5, 5.41) is 9.63. The van der Waals surface area contributed by atoms with Crippen molar-refractivity contribution in [2.45, 2.75) is 51.8 Å². The standard InChI is InChI=1S/C13H23N5O2/c1-13(2,3)20-12(19)16-10-4-6-18(7-5-10)8-11-14-9-15-17-11/h9-10H,4-8H2,1-3H3,(H,16,19)(H,14,15,17). The van der Waals surface area contributed by atoms with Crippen molar-refractivity contribution in [2.24, 2.45) is 0 Å². The second kappa shape index (κ2) is 6.21. The van der Waals surface area contributed by atoms with Crippen LogP contribution in [0.25, 0.3) is 0 Å². The summed E-state index contributed by atoms with van der Waals surface area (Å²) in [6, 6.07) is 0.191. The number of piperidine rings is 1. The third kappa shape index (κ3) is 4.80. The normalized spacial score (nSPS) is 17.9. The van der Waals surface area contributed by atoms with Gasteiger partial charge in [-0.1, -0.05) is 0 Å². The molecule has 112 valence electrons. The first-order valence-electron chi connectivity index (χ1n) is 6.98. The summed E-state index contributed by atoms with van der Waals surface area (Å²) in [5.74, 6) is 0.878. The smallest absolute Gasteiger partial charge is 0.407 e. The zero-order valence-corrected chi connectivity index (χ0v) is 12.3. The van der Waals surface area contributed by atoms with E-state index in [1.54, 1.807) is 0 Å². The van der Waals surface area contributed by atoms with Crippen molar-refractivity contribution in [3.8, 4) is 0 Å². The first kappa shape index (κ1) is 14.8. The molecule has 0 unspecified atom stereocenters. The number of carbonyl (C=O) groups is 1. The maximum Gasteiger partial charge on any atom is 0.407 e. The van der Waals surface area contributed by atoms with E-state index in [4.69, 9.17) is 4.74 Å². The number of hydrogen-bond donors (Lipinski definition) is 2. The second-order valence-electron chi connectivity index (χ2n) is 6.13. The average molecular weight is 281 g/mol. The summed E-state index contributed by atoms with van der Waals surface area (Å²) in [5.41, 5.74) is -0.447. The molecule has 1 aromatic heterocycles. The predicted octanol–water partition coefficient (Wildman–Crippen LogP) is 1.29. The Morgan fingerprint density at radius 3 is 2.75 bits per heavy atom. The SMILES string of the molecule is CC(C)(C)OC(=O)NC1CCN(Cc2ncn[nH]2)CC1. The molecule has 0 radical (unpaired) electrons. The zero-order chi connectivity index (χ0) is 14.6. The molecule has 2 heterocycles. The molecule has 0 atom stereocenters. The minimum Gasteiger partial charge on any atom is -0.444 e. The molecule has 1 aliphatic heterocycles. The van der Waals surface area contributed by atoms with Crippen LogP contribution in [0.3, 0.4) is 0 Å². The average Bonchev–Trinajstić information content (AvgIpc) is 2.82. The van der Waals surface area contributed by atoms with Crippen molar-refractivity contribution in [3.63, 3.8) is 0 Å². The van der Waals surface area contributed by atoms with Gasteiger partial charge in [-0.25, -0.2) is 9.78 Å². The maximum atomic E-state index is 11.7. The summed E-state index contributed by atoms with van der Waals surface area (Å²) in [7, 11) is 0. The highest BCUT2D eigenvalue weighted by Gasteiger charge is 2.23. The lowest BCUT2D eigenvalue weighted by Gasteiger charge is -2.32. The molecule has 1 fully saturated rings. The van der Waals surface area contributed by atoms with Crippen LogP contribution in [0.1, 0.15) is 39.4 Å². The maximum absolute atomic E-state index is 11.7. The van der Waals surface area contributed by atoms with E-state index in [0.29, 0.717) is 0 Å². The first-order valence-corrected chi connectivity index (χ1v) is 6.98. The van der Waals surface area contributed by atoms with Crippen LogP contribution in [0.15, 0.2) is 6.33 Å². The predicted molar refractivity (Wildman–Crippen MR) is 74.1 cm³/mol. The Morgan fingerprint density at radius 1 is 1.50 bits per heavy atom. The molecule has 20 heavy (non-hydrogen) atoms. The van der Waals surface area contributed by atoms with E-state index in [1.165, 1.54) is 6.33 Å². The van der Waals surface area contributed by atoms with E-state index in [9.17, 15) is 4.79 Å². The van der Waals surface area contributed by atoms with Gasteiger partial charge in [-0.15, -0.1) is 0 Å². The molecule has 0 aliphatic carbocycles. The van der Waals surface area contributed by atoms with Crippen molar-refractivity contribution in [1.82, 2.24) is 25.4 Å². The number of rotatable bonds is 3. The molecule has 1 aliphatic rings. The number of aromatic nitrogens is 3. The van der Waals surface area contributed by atoms with Gasteiger partial charge in [-0.3, -0.25) is 10.00 Å². The van der Waals surface area contributed by atoms with Gasteiger partial charge in [0.2, 0.25) is 0 Å². The minimum atomic E-state index is -0.447. The van der Waals surface area contributed by atoms with Crippen LogP contribution in [0.5, 0.6) is 0 Å². The highest BCUT2D eigenvalue weighted by atomic mass is 16.6. The number of hydrogen-bond acceptors (Lipinski definition) is 5. The number of H-pyrrole nitrogens is 1. The molecule has 0 saturated carbocycles. The number of nitrogens with one attached hydrogen (secondary N) is 2. The van der Waals surface area contributed by atoms with Crippen molar-refractivity contribution in [2.75, 3.05) is 13.1 Å². The van der Waals surface area contributed by atoms with E-state index in [0.717, 1.165) is 38.3 Å². The Hall–Kier alpha value is -1.63. The van der Waals surface area contributed by atoms with Crippen molar-refractivity contribution in [3.05, 3.63) is 12.2 Å². The van der Waals surface area contributed by atoms with Crippen molar-refractivity contribution in [1.29, 1.82) is 0 Å². The molecule has 1 saturated heterocycles. The summed E-state index contributed by atoms with van der Waals surface area (Å²) in [4.78, 5) is 18.1. The Labute approximate surface area is 119 Å². The van der Waals surface area contributed by atoms with Gasteiger partial charge in [0, 0.05) is 19.1 Å². The van der Waals surface area contributed by atoms with Gasteiger partial charge < -0.3 is 10.1 Å². The quantitative estimate of drug-likeness (QED) is 0.872. The largest absolute Gasteiger partial charge is 0.444 e. The molecule has 0 bridgehead atoms. The lowest BCUT2D eigenvalue weighted by Crippen LogP contribution is -2.45. The van der Waals surface area contributed by atoms with Gasteiger partial charge in [0.05, 0.1) is 6.54 Å². The Balaban J connectivity index is 1.70. The van der Waals surface area contributed by atoms with Crippen LogP contribution in [-0.2, 0) is 11.3 Å². The first-order chi connectivity index (χ1) is 9.42. The lowest BCUT2D eigenvalue weighted by atomic mass is 10.1. The van der Waals surface area contributed by atoms with Gasteiger partial charge in [0.1, 0.15) is 17.8 Å². The number of ether oxygens (including phenoxy) is 1. The van der Waals surface area contributed by atoms with Crippen LogP contribution in [-0.4, -0.2) is 50.9 Å². The summed E-state index contributed by atoms with van der Waals surface area (Å²) in [6.07, 6.45) is 3.04. The Kier molecular flexibility index (Phi) is 4.59. The van der Waals surface area contributed by atoms with Gasteiger partial charge in [-0.05, 0) is 33.6 Å². The number of alkyl carbamates (subject to hydrolysis) is 1. The third-order valence-electron chi connectivity index (χ3n) is 3.15. The highest BCUT2D eigenvalue weighted by Crippen LogP contribution is 2.13. The minimum absolute atomic E-state index is 0.191. The van der Waals surface area contributed by atoms with Crippen LogP contribution in [0.2, 0.25) is 0 Å². The molecule has 7 heteroatoms. The summed E-state index contributed by atoms with van der Waals surface area (Å²) in [6.45, 7) is 8.24. The zero-order valence-electron chi connectivity index (χ0n) is 12.3. The third-order valence-corrected chi connectivity index (χ3v) is 3.15. The molecule has 7 nitrogen and oxygen atoms in total. The van der Waals surface area contributed by atoms with E-state index in [2.05, 4.69) is 25.4 Å². The van der Waals surface area contributed by atoms with E-state index in [1.807, 2.05) is 20.8 Å². The molecule has 2 rings (SSSR count). The number of aromatic amines is 1. The van der Waals surface area contributed by atoms with Crippen LogP contribution in [0.4, 0.5) is 4.79 Å². The Morgan fingerprint density at radius 2 is 2.20 bits per heavy atom. The molecular formula is C13H23N5O2. The lowest BCUT2D eigenvalue weighted by molar-refractivity contribution is 0.0477. The molecule has 1 amide bonds. The van der Waals surface area contributed by atoms with Gasteiger partial charge in [0.25, 0.3) is 0 Å². The number of likely N-dealkylation sites (tertiary alicyclic amines) is 1. The van der Waals surface area contributed by atoms with E-state index < -0.39 is 5.60 Å². The molecule has 0 aromatic carbocycles. The molecular weight excluding hydrogens is 258 g/mol. The van der Waals surface area contributed by atoms with E-state index >= 15 is 0 Å². The molecule has 2 N–H and O–H groups in total. The fourth-order valence-electron chi connectivity index (χ4n) is 2.23. The fraction of sp³-hybridized carbons (Fsp3) is 0.769. The summed E-state index contributed by atoms with van der Waals surface area (Å²) >= 11 is 0. The number of carbonyl (C=O) groups excluding carboxylic acids is 1. The topological polar surface area (TPSA) is 83.1 Å². The fourth-order valence-corrected chi connectivity index (χ4v) is 2.23. The van der Waals surface area contributed by atoms with E-state index in [-0.39, 0.29) is 12.1 Å². The van der Waals surface area contributed by atoms with Gasteiger partial charge in [0.15, 0.2) is 0 Å². The Bertz CT molecular complexity index is 418. The summed E-state index contributed by atoms with van der Waals surface area (Å²) < 4.78 is 5.27. The van der Waals surface area contributed by atoms with Gasteiger partial charge in [-0.2, -0.15) is 5.10 Å². The monoisotopic (exact) mass is 281 g/mol. The molecule has 0 spiro atoms. The van der Waals surface area contributed by atoms with Crippen LogP contribution in [0, 0.1) is 0 Å². The van der Waals surface area contributed by atoms with Crippen molar-refractivity contribution < 1.29 is 9.53 Å². The highest BCUT2D eigenvalue weighted by molar-refractivity contribution is 5.68. The second-order valence-corrected chi connectivity index (χ2v) is 6.13.